The maximum atomic E-state index is 14.3. The predicted octanol–water partition coefficient (Wildman–Crippen LogP) is 4.89. The van der Waals surface area contributed by atoms with Gasteiger partial charge in [0.25, 0.3) is 0 Å². The SMILES string of the molecule is C[C@H](Oc1ccc(F)cc1C1c2ccccc2CCN1OC(=O)OCc1ccccc1)C(=O)O. The van der Waals surface area contributed by atoms with Crippen molar-refractivity contribution in [1.82, 2.24) is 5.06 Å². The number of carboxylic acid groups (broad SMARTS) is 1. The Balaban J connectivity index is 1.64. The molecule has 176 valence electrons. The fraction of sp³-hybridized carbons (Fsp3) is 0.231. The van der Waals surface area contributed by atoms with Crippen molar-refractivity contribution in [2.75, 3.05) is 6.54 Å². The molecule has 1 heterocycles. The second-order valence-corrected chi connectivity index (χ2v) is 7.89. The van der Waals surface area contributed by atoms with Gasteiger partial charge in [0, 0.05) is 12.1 Å². The summed E-state index contributed by atoms with van der Waals surface area (Å²) in [4.78, 5) is 29.4. The first-order chi connectivity index (χ1) is 16.4. The number of halogens is 1. The number of hydrogen-bond donors (Lipinski definition) is 1. The van der Waals surface area contributed by atoms with Crippen molar-refractivity contribution >= 4 is 12.1 Å². The summed E-state index contributed by atoms with van der Waals surface area (Å²) in [6, 6.07) is 19.9. The van der Waals surface area contributed by atoms with E-state index in [1.807, 2.05) is 54.6 Å². The van der Waals surface area contributed by atoms with E-state index >= 15 is 0 Å². The molecule has 3 aromatic carbocycles. The molecule has 3 aromatic rings. The Labute approximate surface area is 196 Å². The van der Waals surface area contributed by atoms with Crippen LogP contribution in [-0.4, -0.2) is 34.9 Å². The number of hydrogen-bond acceptors (Lipinski definition) is 6. The minimum absolute atomic E-state index is 0.0409. The van der Waals surface area contributed by atoms with Gasteiger partial charge in [0.05, 0.1) is 0 Å². The average molecular weight is 465 g/mol. The molecule has 0 amide bonds. The molecular weight excluding hydrogens is 441 g/mol. The Morgan fingerprint density at radius 1 is 1.06 bits per heavy atom. The Hall–Kier alpha value is -3.91. The second-order valence-electron chi connectivity index (χ2n) is 7.89. The van der Waals surface area contributed by atoms with Crippen LogP contribution in [-0.2, 0) is 27.4 Å². The number of nitrogens with zero attached hydrogens (tertiary/aromatic N) is 1. The van der Waals surface area contributed by atoms with Crippen molar-refractivity contribution in [1.29, 1.82) is 0 Å². The molecule has 1 unspecified atom stereocenters. The van der Waals surface area contributed by atoms with Crippen LogP contribution in [0.15, 0.2) is 72.8 Å². The molecule has 4 rings (SSSR count). The molecular formula is C26H24FNO6. The summed E-state index contributed by atoms with van der Waals surface area (Å²) in [6.45, 7) is 1.76. The summed E-state index contributed by atoms with van der Waals surface area (Å²) in [5.41, 5.74) is 2.95. The van der Waals surface area contributed by atoms with Gasteiger partial charge in [-0.05, 0) is 48.2 Å². The van der Waals surface area contributed by atoms with Crippen molar-refractivity contribution in [3.63, 3.8) is 0 Å². The molecule has 2 atom stereocenters. The molecule has 0 bridgehead atoms. The molecule has 0 spiro atoms. The van der Waals surface area contributed by atoms with Crippen molar-refractivity contribution in [3.8, 4) is 5.75 Å². The third kappa shape index (κ3) is 5.35. The quantitative estimate of drug-likeness (QED) is 0.497. The topological polar surface area (TPSA) is 85.3 Å². The zero-order valence-electron chi connectivity index (χ0n) is 18.5. The Morgan fingerprint density at radius 3 is 2.56 bits per heavy atom. The minimum Gasteiger partial charge on any atom is -0.479 e. The summed E-state index contributed by atoms with van der Waals surface area (Å²) < 4.78 is 25.2. The number of rotatable bonds is 7. The predicted molar refractivity (Wildman–Crippen MR) is 121 cm³/mol. The number of aliphatic carboxylic acids is 1. The van der Waals surface area contributed by atoms with Crippen LogP contribution in [0.2, 0.25) is 0 Å². The smallest absolute Gasteiger partial charge is 0.479 e. The lowest BCUT2D eigenvalue weighted by Crippen LogP contribution is -2.38. The molecule has 0 radical (unpaired) electrons. The van der Waals surface area contributed by atoms with Crippen LogP contribution < -0.4 is 4.74 Å². The highest BCUT2D eigenvalue weighted by atomic mass is 19.1. The van der Waals surface area contributed by atoms with Crippen LogP contribution in [0, 0.1) is 5.82 Å². The fourth-order valence-corrected chi connectivity index (χ4v) is 3.88. The van der Waals surface area contributed by atoms with Crippen LogP contribution in [0.4, 0.5) is 9.18 Å². The van der Waals surface area contributed by atoms with E-state index in [2.05, 4.69) is 0 Å². The van der Waals surface area contributed by atoms with Crippen molar-refractivity contribution in [2.24, 2.45) is 0 Å². The Bertz CT molecular complexity index is 1170. The van der Waals surface area contributed by atoms with Crippen LogP contribution in [0.25, 0.3) is 0 Å². The summed E-state index contributed by atoms with van der Waals surface area (Å²) >= 11 is 0. The number of carbonyl (C=O) groups is 2. The molecule has 1 aliphatic rings. The largest absolute Gasteiger partial charge is 0.528 e. The average Bonchev–Trinajstić information content (AvgIpc) is 2.84. The number of fused-ring (bicyclic) bond motifs is 1. The normalized spacial score (nSPS) is 16.2. The fourth-order valence-electron chi connectivity index (χ4n) is 3.88. The van der Waals surface area contributed by atoms with Gasteiger partial charge in [0.15, 0.2) is 6.10 Å². The van der Waals surface area contributed by atoms with Crippen molar-refractivity contribution in [3.05, 3.63) is 101 Å². The van der Waals surface area contributed by atoms with E-state index in [-0.39, 0.29) is 12.4 Å². The zero-order valence-corrected chi connectivity index (χ0v) is 18.5. The second kappa shape index (κ2) is 10.4. The Morgan fingerprint density at radius 2 is 1.79 bits per heavy atom. The molecule has 0 saturated heterocycles. The standard InChI is InChI=1S/C26H24FNO6/c1-17(25(29)30)33-23-12-11-20(27)15-22(23)24-21-10-6-5-9-19(21)13-14-28(24)34-26(31)32-16-18-7-3-2-4-8-18/h2-12,15,17,24H,13-14,16H2,1H3,(H,29,30)/t17-,24?/m0/s1. The Kier molecular flexibility index (Phi) is 7.08. The van der Waals surface area contributed by atoms with Gasteiger partial charge in [-0.15, -0.1) is 5.06 Å². The lowest BCUT2D eigenvalue weighted by atomic mass is 9.89. The highest BCUT2D eigenvalue weighted by Crippen LogP contribution is 2.40. The molecule has 7 nitrogen and oxygen atoms in total. The van der Waals surface area contributed by atoms with E-state index in [1.165, 1.54) is 30.2 Å². The van der Waals surface area contributed by atoms with E-state index in [1.54, 1.807) is 0 Å². The first-order valence-electron chi connectivity index (χ1n) is 10.8. The lowest BCUT2D eigenvalue weighted by Gasteiger charge is -2.36. The molecule has 0 fully saturated rings. The summed E-state index contributed by atoms with van der Waals surface area (Å²) in [6.07, 6.45) is -1.46. The number of ether oxygens (including phenoxy) is 2. The van der Waals surface area contributed by atoms with Gasteiger partial charge in [0.1, 0.15) is 24.2 Å². The number of hydroxylamine groups is 2. The van der Waals surface area contributed by atoms with Gasteiger partial charge in [0.2, 0.25) is 0 Å². The molecule has 34 heavy (non-hydrogen) atoms. The van der Waals surface area contributed by atoms with Crippen molar-refractivity contribution in [2.45, 2.75) is 32.1 Å². The van der Waals surface area contributed by atoms with Crippen LogP contribution in [0.1, 0.15) is 35.2 Å². The van der Waals surface area contributed by atoms with Gasteiger partial charge in [-0.1, -0.05) is 54.6 Å². The number of benzene rings is 3. The zero-order chi connectivity index (χ0) is 24.1. The van der Waals surface area contributed by atoms with Gasteiger partial charge < -0.3 is 19.4 Å². The number of carboxylic acids is 1. The molecule has 0 saturated carbocycles. The summed E-state index contributed by atoms with van der Waals surface area (Å²) in [7, 11) is 0. The van der Waals surface area contributed by atoms with Crippen LogP contribution in [0.5, 0.6) is 5.75 Å². The first-order valence-corrected chi connectivity index (χ1v) is 10.8. The van der Waals surface area contributed by atoms with Crippen LogP contribution >= 0.6 is 0 Å². The lowest BCUT2D eigenvalue weighted by molar-refractivity contribution is -0.153. The first kappa shape index (κ1) is 23.3. The number of carbonyl (C=O) groups excluding carboxylic acids is 1. The molecule has 8 heteroatoms. The maximum absolute atomic E-state index is 14.3. The van der Waals surface area contributed by atoms with Gasteiger partial charge >= 0.3 is 12.1 Å². The molecule has 1 N–H and O–H groups in total. The van der Waals surface area contributed by atoms with Crippen molar-refractivity contribution < 1.29 is 33.4 Å². The highest BCUT2D eigenvalue weighted by molar-refractivity contribution is 5.72. The van der Waals surface area contributed by atoms with Gasteiger partial charge in [-0.3, -0.25) is 0 Å². The van der Waals surface area contributed by atoms with E-state index in [0.29, 0.717) is 18.5 Å². The third-order valence-corrected chi connectivity index (χ3v) is 5.55. The van der Waals surface area contributed by atoms with Crippen LogP contribution in [0.3, 0.4) is 0 Å². The third-order valence-electron chi connectivity index (χ3n) is 5.55. The minimum atomic E-state index is -1.16. The monoisotopic (exact) mass is 465 g/mol. The maximum Gasteiger partial charge on any atom is 0.528 e. The highest BCUT2D eigenvalue weighted by Gasteiger charge is 2.35. The van der Waals surface area contributed by atoms with Gasteiger partial charge in [-0.25, -0.2) is 14.0 Å². The van der Waals surface area contributed by atoms with E-state index in [4.69, 9.17) is 14.3 Å². The molecule has 0 aromatic heterocycles. The van der Waals surface area contributed by atoms with E-state index in [0.717, 1.165) is 16.7 Å². The van der Waals surface area contributed by atoms with E-state index in [9.17, 15) is 19.1 Å². The summed E-state index contributed by atoms with van der Waals surface area (Å²) in [5.74, 6) is -1.50. The van der Waals surface area contributed by atoms with Gasteiger partial charge in [-0.2, -0.15) is 0 Å². The van der Waals surface area contributed by atoms with E-state index < -0.39 is 30.1 Å². The summed E-state index contributed by atoms with van der Waals surface area (Å²) in [5, 5.41) is 10.7. The molecule has 1 aliphatic heterocycles. The molecule has 0 aliphatic carbocycles.